The highest BCUT2D eigenvalue weighted by atomic mass is 14.4. The first kappa shape index (κ1) is 18.2. The molecule has 5 aromatic carbocycles. The highest BCUT2D eigenvalue weighted by Gasteiger charge is 2.40. The molecule has 162 valence electrons. The van der Waals surface area contributed by atoms with Crippen LogP contribution in [0.3, 0.4) is 0 Å². The average molecular weight is 443 g/mol. The molecular weight excluding hydrogens is 420 g/mol. The molecule has 4 aliphatic carbocycles. The van der Waals surface area contributed by atoms with Crippen LogP contribution in [0.1, 0.15) is 50.4 Å². The van der Waals surface area contributed by atoms with Gasteiger partial charge >= 0.3 is 0 Å². The molecule has 0 fully saturated rings. The van der Waals surface area contributed by atoms with Crippen molar-refractivity contribution < 1.29 is 0 Å². The Balaban J connectivity index is 1.45. The van der Waals surface area contributed by atoms with Crippen molar-refractivity contribution in [3.05, 3.63) is 142 Å². The molecule has 0 aromatic heterocycles. The first-order valence-corrected chi connectivity index (χ1v) is 12.7. The average Bonchev–Trinajstić information content (AvgIpc) is 3.59. The normalized spacial score (nSPS) is 16.8. The van der Waals surface area contributed by atoms with E-state index in [1.165, 1.54) is 83.5 Å². The molecule has 5 aromatic rings. The Morgan fingerprint density at radius 1 is 0.457 bits per heavy atom. The van der Waals surface area contributed by atoms with Crippen molar-refractivity contribution in [2.24, 2.45) is 0 Å². The molecule has 0 heteroatoms. The number of benzene rings is 5. The molecule has 0 saturated carbocycles. The predicted octanol–water partition coefficient (Wildman–Crippen LogP) is 8.50. The zero-order valence-corrected chi connectivity index (χ0v) is 19.3. The Morgan fingerprint density at radius 2 is 1.09 bits per heavy atom. The van der Waals surface area contributed by atoms with Crippen LogP contribution in [0, 0.1) is 0 Å². The molecule has 0 aliphatic heterocycles. The molecule has 0 N–H and O–H groups in total. The third kappa shape index (κ3) is 2.19. The van der Waals surface area contributed by atoms with E-state index in [1.807, 2.05) is 0 Å². The van der Waals surface area contributed by atoms with Crippen LogP contribution in [-0.4, -0.2) is 0 Å². The van der Waals surface area contributed by atoms with E-state index in [9.17, 15) is 0 Å². The molecule has 35 heavy (non-hydrogen) atoms. The fraction of sp³-hybridized carbons (Fsp3) is 0.0857. The molecule has 1 atom stereocenters. The summed E-state index contributed by atoms with van der Waals surface area (Å²) in [6, 6.07) is 36.7. The molecule has 0 saturated heterocycles. The van der Waals surface area contributed by atoms with Gasteiger partial charge in [-0.05, 0) is 102 Å². The van der Waals surface area contributed by atoms with Gasteiger partial charge in [0.25, 0.3) is 0 Å². The van der Waals surface area contributed by atoms with Crippen LogP contribution in [0.15, 0.2) is 97.1 Å². The summed E-state index contributed by atoms with van der Waals surface area (Å²) in [7, 11) is 0. The van der Waals surface area contributed by atoms with Gasteiger partial charge in [-0.15, -0.1) is 0 Å². The third-order valence-corrected chi connectivity index (χ3v) is 8.76. The summed E-state index contributed by atoms with van der Waals surface area (Å²) in [6.07, 6.45) is 4.54. The van der Waals surface area contributed by atoms with Gasteiger partial charge in [-0.2, -0.15) is 0 Å². The molecule has 4 aliphatic rings. The Bertz CT molecular complexity index is 1800. The van der Waals surface area contributed by atoms with Gasteiger partial charge in [-0.25, -0.2) is 0 Å². The number of allylic oxidation sites excluding steroid dienone is 1. The SMILES string of the molecule is C1=C2c3ccc4c(c3-c3ccc5c(c3C2c2ccccc21)-c1ccccc1C5)-c1ccccc1C4. The minimum absolute atomic E-state index is 0.296. The lowest BCUT2D eigenvalue weighted by atomic mass is 9.70. The zero-order chi connectivity index (χ0) is 22.7. The quantitative estimate of drug-likeness (QED) is 0.221. The largest absolute Gasteiger partial charge is 0.0619 e. The topological polar surface area (TPSA) is 0 Å². The number of fused-ring (bicyclic) bond motifs is 16. The molecule has 0 amide bonds. The van der Waals surface area contributed by atoms with Gasteiger partial charge in [-0.1, -0.05) is 97.1 Å². The minimum Gasteiger partial charge on any atom is -0.0619 e. The standard InChI is InChI=1S/C35H22/c1-4-10-25-20(7-1)17-23-13-15-28-30-19-22-9-3-6-12-27(22)33(30)35-29(34(28)31(23)25)16-14-24-18-21-8-2-5-11-26(21)32(24)35/h1-16,19,33H,17-18H2. The molecule has 1 unspecified atom stereocenters. The Morgan fingerprint density at radius 3 is 1.89 bits per heavy atom. The van der Waals surface area contributed by atoms with Gasteiger partial charge in [0.05, 0.1) is 0 Å². The summed E-state index contributed by atoms with van der Waals surface area (Å²) in [5.41, 5.74) is 21.8. The predicted molar refractivity (Wildman–Crippen MR) is 145 cm³/mol. The van der Waals surface area contributed by atoms with Crippen molar-refractivity contribution in [2.75, 3.05) is 0 Å². The summed E-state index contributed by atoms with van der Waals surface area (Å²) in [4.78, 5) is 0. The van der Waals surface area contributed by atoms with E-state index in [4.69, 9.17) is 0 Å². The second-order valence-corrected chi connectivity index (χ2v) is 10.4. The fourth-order valence-corrected chi connectivity index (χ4v) is 7.38. The molecule has 0 bridgehead atoms. The summed E-state index contributed by atoms with van der Waals surface area (Å²) < 4.78 is 0. The highest BCUT2D eigenvalue weighted by molar-refractivity contribution is 6.09. The van der Waals surface area contributed by atoms with E-state index in [-0.39, 0.29) is 0 Å². The van der Waals surface area contributed by atoms with E-state index in [0.29, 0.717) is 5.92 Å². The van der Waals surface area contributed by atoms with E-state index in [1.54, 1.807) is 0 Å². The first-order valence-electron chi connectivity index (χ1n) is 12.7. The summed E-state index contributed by atoms with van der Waals surface area (Å²) in [6.45, 7) is 0. The van der Waals surface area contributed by atoms with E-state index < -0.39 is 0 Å². The van der Waals surface area contributed by atoms with E-state index in [2.05, 4.69) is 103 Å². The van der Waals surface area contributed by atoms with Crippen molar-refractivity contribution in [3.8, 4) is 33.4 Å². The molecule has 0 spiro atoms. The second kappa shape index (κ2) is 6.29. The lowest BCUT2D eigenvalue weighted by Gasteiger charge is -2.32. The van der Waals surface area contributed by atoms with Crippen molar-refractivity contribution in [1.29, 1.82) is 0 Å². The maximum atomic E-state index is 2.47. The van der Waals surface area contributed by atoms with Crippen LogP contribution >= 0.6 is 0 Å². The summed E-state index contributed by atoms with van der Waals surface area (Å²) in [5.74, 6) is 0.296. The summed E-state index contributed by atoms with van der Waals surface area (Å²) >= 11 is 0. The number of hydrogen-bond acceptors (Lipinski definition) is 0. The third-order valence-electron chi connectivity index (χ3n) is 8.76. The van der Waals surface area contributed by atoms with E-state index in [0.717, 1.165) is 12.8 Å². The van der Waals surface area contributed by atoms with Crippen molar-refractivity contribution in [2.45, 2.75) is 18.8 Å². The second-order valence-electron chi connectivity index (χ2n) is 10.4. The van der Waals surface area contributed by atoms with Crippen molar-refractivity contribution >= 4 is 11.6 Å². The van der Waals surface area contributed by atoms with Gasteiger partial charge in [0.1, 0.15) is 0 Å². The Kier molecular flexibility index (Phi) is 3.27. The van der Waals surface area contributed by atoms with Crippen LogP contribution in [-0.2, 0) is 12.8 Å². The number of rotatable bonds is 0. The number of hydrogen-bond donors (Lipinski definition) is 0. The highest BCUT2D eigenvalue weighted by Crippen LogP contribution is 2.61. The maximum Gasteiger partial charge on any atom is 0.0364 e. The summed E-state index contributed by atoms with van der Waals surface area (Å²) in [5, 5.41) is 0. The van der Waals surface area contributed by atoms with Crippen LogP contribution < -0.4 is 0 Å². The van der Waals surface area contributed by atoms with Gasteiger partial charge < -0.3 is 0 Å². The molecule has 0 radical (unpaired) electrons. The van der Waals surface area contributed by atoms with Crippen LogP contribution in [0.2, 0.25) is 0 Å². The van der Waals surface area contributed by atoms with Crippen molar-refractivity contribution in [1.82, 2.24) is 0 Å². The van der Waals surface area contributed by atoms with Crippen LogP contribution in [0.5, 0.6) is 0 Å². The Labute approximate surface area is 205 Å². The lowest BCUT2D eigenvalue weighted by molar-refractivity contribution is 1.05. The monoisotopic (exact) mass is 442 g/mol. The fourth-order valence-electron chi connectivity index (χ4n) is 7.38. The Hall–Kier alpha value is -4.16. The molecule has 9 rings (SSSR count). The maximum absolute atomic E-state index is 2.47. The van der Waals surface area contributed by atoms with E-state index >= 15 is 0 Å². The van der Waals surface area contributed by atoms with Crippen molar-refractivity contribution in [3.63, 3.8) is 0 Å². The molecular formula is C35H22. The first-order chi connectivity index (χ1) is 17.4. The lowest BCUT2D eigenvalue weighted by Crippen LogP contribution is -2.12. The minimum atomic E-state index is 0.296. The van der Waals surface area contributed by atoms with Gasteiger partial charge in [-0.3, -0.25) is 0 Å². The van der Waals surface area contributed by atoms with Crippen LogP contribution in [0.4, 0.5) is 0 Å². The van der Waals surface area contributed by atoms with Gasteiger partial charge in [0.2, 0.25) is 0 Å². The zero-order valence-electron chi connectivity index (χ0n) is 19.3. The van der Waals surface area contributed by atoms with Crippen LogP contribution in [0.25, 0.3) is 45.0 Å². The van der Waals surface area contributed by atoms with Gasteiger partial charge in [0, 0.05) is 5.92 Å². The smallest absolute Gasteiger partial charge is 0.0364 e. The van der Waals surface area contributed by atoms with Gasteiger partial charge in [0.15, 0.2) is 0 Å². The molecule has 0 nitrogen and oxygen atoms in total. The molecule has 0 heterocycles.